The van der Waals surface area contributed by atoms with E-state index in [2.05, 4.69) is 24.1 Å². The van der Waals surface area contributed by atoms with Crippen LogP contribution in [0, 0.1) is 6.92 Å². The number of imidazole rings is 1. The van der Waals surface area contributed by atoms with Gasteiger partial charge in [-0.1, -0.05) is 13.8 Å². The Morgan fingerprint density at radius 2 is 2.09 bits per heavy atom. The molecule has 2 heterocycles. The number of amides is 1. The summed E-state index contributed by atoms with van der Waals surface area (Å²) in [7, 11) is 0. The molecule has 0 saturated carbocycles. The molecule has 0 unspecified atom stereocenters. The summed E-state index contributed by atoms with van der Waals surface area (Å²) in [4.78, 5) is 16.6. The van der Waals surface area contributed by atoms with Crippen LogP contribution in [-0.4, -0.2) is 22.3 Å². The van der Waals surface area contributed by atoms with Crippen molar-refractivity contribution in [2.45, 2.75) is 33.2 Å². The number of nitrogens with one attached hydrogen (secondary N) is 1. The molecule has 0 radical (unpaired) electrons. The summed E-state index contributed by atoms with van der Waals surface area (Å²) >= 11 is 0. The zero-order chi connectivity index (χ0) is 15.7. The summed E-state index contributed by atoms with van der Waals surface area (Å²) in [5.74, 6) is 2.45. The van der Waals surface area contributed by atoms with Crippen LogP contribution in [0.3, 0.4) is 0 Å². The molecule has 0 atom stereocenters. The maximum Gasteiger partial charge on any atom is 0.244 e. The number of carbonyl (C=O) groups is 1. The molecule has 6 heteroatoms. The first kappa shape index (κ1) is 14.4. The molecule has 0 aliphatic carbocycles. The molecule has 0 saturated heterocycles. The molecule has 1 aliphatic rings. The van der Waals surface area contributed by atoms with E-state index < -0.39 is 0 Å². The van der Waals surface area contributed by atoms with Crippen LogP contribution in [0.2, 0.25) is 0 Å². The number of fused-ring (bicyclic) bond motifs is 1. The Morgan fingerprint density at radius 3 is 2.82 bits per heavy atom. The van der Waals surface area contributed by atoms with Gasteiger partial charge in [-0.15, -0.1) is 0 Å². The van der Waals surface area contributed by atoms with Crippen LogP contribution in [0.5, 0.6) is 11.5 Å². The molecular formula is C16H19N3O3. The van der Waals surface area contributed by atoms with Crippen LogP contribution in [-0.2, 0) is 11.3 Å². The van der Waals surface area contributed by atoms with Crippen molar-refractivity contribution in [2.75, 3.05) is 12.1 Å². The van der Waals surface area contributed by atoms with Gasteiger partial charge in [0.25, 0.3) is 0 Å². The predicted octanol–water partition coefficient (Wildman–Crippen LogP) is 2.68. The van der Waals surface area contributed by atoms with Crippen LogP contribution in [0.15, 0.2) is 24.5 Å². The fraction of sp³-hybridized carbons (Fsp3) is 0.375. The number of benzene rings is 1. The van der Waals surface area contributed by atoms with Gasteiger partial charge in [-0.3, -0.25) is 4.79 Å². The van der Waals surface area contributed by atoms with Crippen molar-refractivity contribution in [3.05, 3.63) is 35.9 Å². The van der Waals surface area contributed by atoms with Gasteiger partial charge in [-0.25, -0.2) is 4.98 Å². The molecule has 1 amide bonds. The van der Waals surface area contributed by atoms with Crippen molar-refractivity contribution in [1.82, 2.24) is 9.55 Å². The van der Waals surface area contributed by atoms with Crippen molar-refractivity contribution < 1.29 is 14.3 Å². The number of aryl methyl sites for hydroxylation is 1. The van der Waals surface area contributed by atoms with E-state index in [0.717, 1.165) is 17.1 Å². The quantitative estimate of drug-likeness (QED) is 0.943. The minimum Gasteiger partial charge on any atom is -0.454 e. The monoisotopic (exact) mass is 301 g/mol. The Labute approximate surface area is 129 Å². The minimum atomic E-state index is -0.0955. The molecule has 6 nitrogen and oxygen atoms in total. The normalized spacial score (nSPS) is 12.7. The first-order valence-corrected chi connectivity index (χ1v) is 7.25. The molecule has 3 rings (SSSR count). The lowest BCUT2D eigenvalue weighted by Crippen LogP contribution is -2.20. The molecule has 1 N–H and O–H groups in total. The standard InChI is InChI=1S/C16H19N3O3/c1-10(2)16-17-4-5-19(16)8-15(20)18-12-7-14-13(6-11(12)3)21-9-22-14/h4-7,10H,8-9H2,1-3H3,(H,18,20). The van der Waals surface area contributed by atoms with Gasteiger partial charge in [-0.05, 0) is 18.6 Å². The highest BCUT2D eigenvalue weighted by Crippen LogP contribution is 2.36. The summed E-state index contributed by atoms with van der Waals surface area (Å²) in [6.45, 7) is 6.49. The van der Waals surface area contributed by atoms with E-state index in [4.69, 9.17) is 9.47 Å². The lowest BCUT2D eigenvalue weighted by atomic mass is 10.1. The fourth-order valence-corrected chi connectivity index (χ4v) is 2.48. The Hall–Kier alpha value is -2.50. The first-order valence-electron chi connectivity index (χ1n) is 7.25. The SMILES string of the molecule is Cc1cc2c(cc1NC(=O)Cn1ccnc1C(C)C)OCO2. The Balaban J connectivity index is 1.73. The fourth-order valence-electron chi connectivity index (χ4n) is 2.48. The summed E-state index contributed by atoms with van der Waals surface area (Å²) in [5.41, 5.74) is 1.67. The number of hydrogen-bond acceptors (Lipinski definition) is 4. The van der Waals surface area contributed by atoms with Gasteiger partial charge in [0.05, 0.1) is 0 Å². The van der Waals surface area contributed by atoms with Crippen LogP contribution in [0.4, 0.5) is 5.69 Å². The second kappa shape index (κ2) is 5.71. The van der Waals surface area contributed by atoms with Crippen molar-refractivity contribution in [2.24, 2.45) is 0 Å². The molecule has 1 aliphatic heterocycles. The average Bonchev–Trinajstić information content (AvgIpc) is 3.07. The minimum absolute atomic E-state index is 0.0955. The summed E-state index contributed by atoms with van der Waals surface area (Å²) < 4.78 is 12.5. The van der Waals surface area contributed by atoms with Gasteiger partial charge in [0.2, 0.25) is 12.7 Å². The third-order valence-corrected chi connectivity index (χ3v) is 3.57. The van der Waals surface area contributed by atoms with Crippen molar-refractivity contribution in [3.8, 4) is 11.5 Å². The molecule has 116 valence electrons. The van der Waals surface area contributed by atoms with Crippen molar-refractivity contribution >= 4 is 11.6 Å². The van der Waals surface area contributed by atoms with Gasteiger partial charge >= 0.3 is 0 Å². The number of rotatable bonds is 4. The van der Waals surface area contributed by atoms with Crippen LogP contribution < -0.4 is 14.8 Å². The van der Waals surface area contributed by atoms with Crippen LogP contribution in [0.25, 0.3) is 0 Å². The predicted molar refractivity (Wildman–Crippen MR) is 82.2 cm³/mol. The number of carbonyl (C=O) groups excluding carboxylic acids is 1. The van der Waals surface area contributed by atoms with Crippen molar-refractivity contribution in [1.29, 1.82) is 0 Å². The van der Waals surface area contributed by atoms with Gasteiger partial charge in [0.1, 0.15) is 12.4 Å². The zero-order valence-electron chi connectivity index (χ0n) is 12.9. The van der Waals surface area contributed by atoms with E-state index >= 15 is 0 Å². The van der Waals surface area contributed by atoms with Crippen LogP contribution >= 0.6 is 0 Å². The van der Waals surface area contributed by atoms with Gasteiger partial charge < -0.3 is 19.4 Å². The van der Waals surface area contributed by atoms with Gasteiger partial charge in [0, 0.05) is 30.1 Å². The van der Waals surface area contributed by atoms with Gasteiger partial charge in [0.15, 0.2) is 11.5 Å². The van der Waals surface area contributed by atoms with Crippen molar-refractivity contribution in [3.63, 3.8) is 0 Å². The highest BCUT2D eigenvalue weighted by atomic mass is 16.7. The van der Waals surface area contributed by atoms with E-state index in [1.54, 1.807) is 12.3 Å². The van der Waals surface area contributed by atoms with E-state index in [0.29, 0.717) is 11.5 Å². The Morgan fingerprint density at radius 1 is 1.36 bits per heavy atom. The first-order chi connectivity index (χ1) is 10.5. The largest absolute Gasteiger partial charge is 0.454 e. The van der Waals surface area contributed by atoms with Crippen LogP contribution in [0.1, 0.15) is 31.2 Å². The summed E-state index contributed by atoms with van der Waals surface area (Å²) in [6.07, 6.45) is 3.54. The molecule has 1 aromatic heterocycles. The molecular weight excluding hydrogens is 282 g/mol. The Bertz CT molecular complexity index is 707. The molecule has 22 heavy (non-hydrogen) atoms. The average molecular weight is 301 g/mol. The number of ether oxygens (including phenoxy) is 2. The Kier molecular flexibility index (Phi) is 3.75. The molecule has 2 aromatic rings. The maximum absolute atomic E-state index is 12.3. The van der Waals surface area contributed by atoms with E-state index in [1.165, 1.54) is 0 Å². The highest BCUT2D eigenvalue weighted by Gasteiger charge is 2.17. The number of hydrogen-bond donors (Lipinski definition) is 1. The highest BCUT2D eigenvalue weighted by molar-refractivity contribution is 5.91. The number of nitrogens with zero attached hydrogens (tertiary/aromatic N) is 2. The molecule has 1 aromatic carbocycles. The second-order valence-corrected chi connectivity index (χ2v) is 5.64. The smallest absolute Gasteiger partial charge is 0.244 e. The topological polar surface area (TPSA) is 65.4 Å². The second-order valence-electron chi connectivity index (χ2n) is 5.64. The number of aromatic nitrogens is 2. The van der Waals surface area contributed by atoms with E-state index in [9.17, 15) is 4.79 Å². The zero-order valence-corrected chi connectivity index (χ0v) is 12.9. The summed E-state index contributed by atoms with van der Waals surface area (Å²) in [6, 6.07) is 3.67. The van der Waals surface area contributed by atoms with E-state index in [1.807, 2.05) is 23.8 Å². The lowest BCUT2D eigenvalue weighted by molar-refractivity contribution is -0.116. The molecule has 0 spiro atoms. The number of anilines is 1. The third kappa shape index (κ3) is 2.77. The van der Waals surface area contributed by atoms with E-state index in [-0.39, 0.29) is 25.2 Å². The lowest BCUT2D eigenvalue weighted by Gasteiger charge is -2.12. The molecule has 0 fully saturated rings. The summed E-state index contributed by atoms with van der Waals surface area (Å²) in [5, 5.41) is 2.92. The third-order valence-electron chi connectivity index (χ3n) is 3.57. The van der Waals surface area contributed by atoms with Gasteiger partial charge in [-0.2, -0.15) is 0 Å². The maximum atomic E-state index is 12.3. The molecule has 0 bridgehead atoms.